The van der Waals surface area contributed by atoms with Crippen molar-refractivity contribution in [3.63, 3.8) is 0 Å². The van der Waals surface area contributed by atoms with Crippen LogP contribution in [-0.2, 0) is 17.1 Å². The molecule has 0 aromatic carbocycles. The number of nitrogens with two attached hydrogens (primary N) is 1. The fourth-order valence-electron chi connectivity index (χ4n) is 5.61. The average Bonchev–Trinajstić information content (AvgIpc) is 3.58. The minimum Gasteiger partial charge on any atom is -0.398 e. The maximum atomic E-state index is 12.7. The third-order valence-corrected chi connectivity index (χ3v) is 9.97. The Labute approximate surface area is 252 Å². The number of pyridine rings is 1. The van der Waals surface area contributed by atoms with Crippen LogP contribution in [0, 0.1) is 17.8 Å². The van der Waals surface area contributed by atoms with Gasteiger partial charge in [0, 0.05) is 44.3 Å². The van der Waals surface area contributed by atoms with Gasteiger partial charge in [-0.25, -0.2) is 23.4 Å². The van der Waals surface area contributed by atoms with Crippen molar-refractivity contribution in [2.24, 2.45) is 13.0 Å². The molecule has 4 heterocycles. The van der Waals surface area contributed by atoms with E-state index >= 15 is 0 Å². The number of rotatable bonds is 8. The minimum atomic E-state index is -3.49. The summed E-state index contributed by atoms with van der Waals surface area (Å²) in [4.78, 5) is 18.5. The van der Waals surface area contributed by atoms with Gasteiger partial charge >= 0.3 is 0 Å². The summed E-state index contributed by atoms with van der Waals surface area (Å²) in [5.74, 6) is 8.58. The monoisotopic (exact) mass is 600 g/mol. The number of aryl methyl sites for hydroxylation is 1. The van der Waals surface area contributed by atoms with Crippen molar-refractivity contribution >= 4 is 27.3 Å². The van der Waals surface area contributed by atoms with Gasteiger partial charge in [0.1, 0.15) is 11.6 Å². The lowest BCUT2D eigenvalue weighted by molar-refractivity contribution is 0.249. The lowest BCUT2D eigenvalue weighted by Crippen LogP contribution is -2.37. The quantitative estimate of drug-likeness (QED) is 0.300. The topological polar surface area (TPSA) is 141 Å². The first kappa shape index (κ1) is 28.8. The summed E-state index contributed by atoms with van der Waals surface area (Å²) in [6, 6.07) is 3.86. The Kier molecular flexibility index (Phi) is 7.89. The van der Waals surface area contributed by atoms with Gasteiger partial charge in [-0.15, -0.1) is 0 Å². The van der Waals surface area contributed by atoms with Crippen LogP contribution in [0.1, 0.15) is 49.7 Å². The maximum absolute atomic E-state index is 12.7. The first-order valence-corrected chi connectivity index (χ1v) is 16.0. The molecule has 0 aliphatic heterocycles. The van der Waals surface area contributed by atoms with Crippen LogP contribution in [0.5, 0.6) is 0 Å². The smallest absolute Gasteiger partial charge is 0.256 e. The van der Waals surface area contributed by atoms with Gasteiger partial charge in [-0.05, 0) is 64.6 Å². The second-order valence-corrected chi connectivity index (χ2v) is 13.7. The SMILES string of the molecule is CN(C)CC1CCC(N(c2cc(N)c(C#Cc3cnn(C)c3)cn2)c2ccnc(-c3cnn(S(=O)(=O)C4CC4)c3)n2)CC1. The standard InChI is InChI=1S/C30H36N10O2S/c1-37(2)18-21-5-8-25(9-6-21)40(29-14-27(31)23(16-33-29)7-4-22-15-34-38(3)19-22)28-12-13-32-30(36-28)24-17-35-39(20-24)43(41,42)26-10-11-26/h12-17,19-21,25-26H,5-6,8-11,18H2,1-3H3,(H2,31,33). The summed E-state index contributed by atoms with van der Waals surface area (Å²) >= 11 is 0. The van der Waals surface area contributed by atoms with Crippen molar-refractivity contribution in [3.8, 4) is 23.2 Å². The third-order valence-electron chi connectivity index (χ3n) is 7.93. The molecule has 0 radical (unpaired) electrons. The lowest BCUT2D eigenvalue weighted by Gasteiger charge is -2.37. The number of nitrogen functional groups attached to an aromatic ring is 1. The van der Waals surface area contributed by atoms with E-state index in [9.17, 15) is 8.42 Å². The molecule has 2 fully saturated rings. The van der Waals surface area contributed by atoms with Crippen LogP contribution in [0.15, 0.2) is 49.3 Å². The number of hydrogen-bond donors (Lipinski definition) is 1. The molecule has 0 unspecified atom stereocenters. The van der Waals surface area contributed by atoms with Gasteiger partial charge in [-0.2, -0.15) is 14.3 Å². The number of aromatic nitrogens is 7. The predicted octanol–water partition coefficient (Wildman–Crippen LogP) is 3.05. The van der Waals surface area contributed by atoms with Crippen LogP contribution in [0.2, 0.25) is 0 Å². The summed E-state index contributed by atoms with van der Waals surface area (Å²) in [7, 11) is 2.59. The summed E-state index contributed by atoms with van der Waals surface area (Å²) in [5, 5.41) is 7.92. The van der Waals surface area contributed by atoms with Crippen molar-refractivity contribution in [3.05, 3.63) is 60.4 Å². The minimum absolute atomic E-state index is 0.151. The Morgan fingerprint density at radius 1 is 0.977 bits per heavy atom. The third kappa shape index (κ3) is 6.40. The Hall–Kier alpha value is -4.28. The molecule has 0 atom stereocenters. The highest BCUT2D eigenvalue weighted by Crippen LogP contribution is 2.36. The van der Waals surface area contributed by atoms with Gasteiger partial charge in [-0.3, -0.25) is 4.68 Å². The molecule has 224 valence electrons. The van der Waals surface area contributed by atoms with Crippen molar-refractivity contribution in [2.75, 3.05) is 31.3 Å². The van der Waals surface area contributed by atoms with Crippen LogP contribution in [-0.4, -0.2) is 79.2 Å². The molecule has 13 heteroatoms. The molecule has 0 amide bonds. The van der Waals surface area contributed by atoms with Crippen LogP contribution in [0.4, 0.5) is 17.3 Å². The Morgan fingerprint density at radius 3 is 2.44 bits per heavy atom. The summed E-state index contributed by atoms with van der Waals surface area (Å²) < 4.78 is 28.2. The molecule has 43 heavy (non-hydrogen) atoms. The number of anilines is 3. The maximum Gasteiger partial charge on any atom is 0.256 e. The second-order valence-electron chi connectivity index (χ2n) is 11.7. The summed E-state index contributed by atoms with van der Waals surface area (Å²) in [5.41, 5.74) is 9.00. The zero-order valence-electron chi connectivity index (χ0n) is 24.6. The molecular formula is C30H36N10O2S. The van der Waals surface area contributed by atoms with Crippen molar-refractivity contribution in [2.45, 2.75) is 49.8 Å². The molecule has 6 rings (SSSR count). The summed E-state index contributed by atoms with van der Waals surface area (Å²) in [6.45, 7) is 1.06. The largest absolute Gasteiger partial charge is 0.398 e. The van der Waals surface area contributed by atoms with Gasteiger partial charge in [-0.1, -0.05) is 11.8 Å². The van der Waals surface area contributed by atoms with E-state index in [1.54, 1.807) is 23.3 Å². The van der Waals surface area contributed by atoms with E-state index < -0.39 is 10.0 Å². The second kappa shape index (κ2) is 11.8. The lowest BCUT2D eigenvalue weighted by atomic mass is 9.85. The fraction of sp³-hybridized carbons (Fsp3) is 0.433. The van der Waals surface area contributed by atoms with E-state index in [0.717, 1.165) is 41.9 Å². The number of hydrogen-bond acceptors (Lipinski definition) is 10. The van der Waals surface area contributed by atoms with Gasteiger partial charge in [0.25, 0.3) is 10.0 Å². The van der Waals surface area contributed by atoms with Gasteiger partial charge in [0.05, 0.1) is 46.2 Å². The van der Waals surface area contributed by atoms with E-state index in [1.807, 2.05) is 25.4 Å². The zero-order valence-corrected chi connectivity index (χ0v) is 25.4. The van der Waals surface area contributed by atoms with Crippen LogP contribution < -0.4 is 10.6 Å². The van der Waals surface area contributed by atoms with Gasteiger partial charge in [0.15, 0.2) is 5.82 Å². The first-order valence-electron chi connectivity index (χ1n) is 14.5. The highest BCUT2D eigenvalue weighted by Gasteiger charge is 2.38. The Bertz CT molecular complexity index is 1770. The molecule has 4 aromatic heterocycles. The highest BCUT2D eigenvalue weighted by atomic mass is 32.2. The highest BCUT2D eigenvalue weighted by molar-refractivity contribution is 7.90. The van der Waals surface area contributed by atoms with Crippen molar-refractivity contribution in [1.82, 2.24) is 38.8 Å². The molecule has 0 bridgehead atoms. The van der Waals surface area contributed by atoms with E-state index in [-0.39, 0.29) is 11.3 Å². The molecule has 2 aliphatic rings. The predicted molar refractivity (Wildman–Crippen MR) is 165 cm³/mol. The normalized spacial score (nSPS) is 18.8. The zero-order chi connectivity index (χ0) is 30.1. The van der Waals surface area contributed by atoms with Gasteiger partial charge in [0.2, 0.25) is 0 Å². The molecular weight excluding hydrogens is 564 g/mol. The van der Waals surface area contributed by atoms with Crippen LogP contribution >= 0.6 is 0 Å². The Morgan fingerprint density at radius 2 is 1.77 bits per heavy atom. The molecule has 2 N–H and O–H groups in total. The molecule has 12 nitrogen and oxygen atoms in total. The van der Waals surface area contributed by atoms with E-state index in [2.05, 4.69) is 50.9 Å². The van der Waals surface area contributed by atoms with Crippen LogP contribution in [0.3, 0.4) is 0 Å². The molecule has 4 aromatic rings. The van der Waals surface area contributed by atoms with Gasteiger partial charge < -0.3 is 15.5 Å². The Balaban J connectivity index is 1.32. The van der Waals surface area contributed by atoms with E-state index in [1.165, 1.54) is 12.4 Å². The first-order chi connectivity index (χ1) is 20.7. The van der Waals surface area contributed by atoms with E-state index in [4.69, 9.17) is 15.7 Å². The number of nitrogens with zero attached hydrogens (tertiary/aromatic N) is 9. The average molecular weight is 601 g/mol. The molecule has 0 saturated heterocycles. The van der Waals surface area contributed by atoms with Crippen molar-refractivity contribution in [1.29, 1.82) is 0 Å². The summed E-state index contributed by atoms with van der Waals surface area (Å²) in [6.07, 6.45) is 15.4. The van der Waals surface area contributed by atoms with E-state index in [0.29, 0.717) is 53.0 Å². The van der Waals surface area contributed by atoms with Crippen molar-refractivity contribution < 1.29 is 8.42 Å². The fourth-order valence-corrected chi connectivity index (χ4v) is 7.09. The molecule has 2 aliphatic carbocycles. The molecule has 2 saturated carbocycles. The van der Waals surface area contributed by atoms with Crippen LogP contribution in [0.25, 0.3) is 11.4 Å². The molecule has 0 spiro atoms.